The van der Waals surface area contributed by atoms with Crippen molar-refractivity contribution in [2.24, 2.45) is 0 Å². The van der Waals surface area contributed by atoms with Crippen molar-refractivity contribution in [2.45, 2.75) is 0 Å². The minimum atomic E-state index is -0.752. The average Bonchev–Trinajstić information content (AvgIpc) is 1.89. The minimum absolute atomic E-state index is 0.168. The maximum absolute atomic E-state index is 9.92. The van der Waals surface area contributed by atoms with Gasteiger partial charge in [0.1, 0.15) is 11.2 Å². The number of fused-ring (bicyclic) bond motifs is 9. The van der Waals surface area contributed by atoms with Crippen LogP contribution in [0.4, 0.5) is 17.1 Å². The summed E-state index contributed by atoms with van der Waals surface area (Å²) in [6.45, 7) is 0. The van der Waals surface area contributed by atoms with Gasteiger partial charge in [-0.05, 0) is 122 Å². The van der Waals surface area contributed by atoms with E-state index >= 15 is 0 Å². The number of anilines is 3. The summed E-state index contributed by atoms with van der Waals surface area (Å²) in [5.74, 6) is 0. The van der Waals surface area contributed by atoms with Gasteiger partial charge in [-0.1, -0.05) is 200 Å². The summed E-state index contributed by atoms with van der Waals surface area (Å²) < 4.78 is 145. The van der Waals surface area contributed by atoms with Gasteiger partial charge in [0.05, 0.1) is 31.6 Å². The molecule has 14 aromatic rings. The van der Waals surface area contributed by atoms with Crippen molar-refractivity contribution in [2.75, 3.05) is 4.90 Å². The number of hydrogen-bond acceptors (Lipinski definition) is 2. The number of nitrogens with zero attached hydrogens (tertiary/aromatic N) is 2. The van der Waals surface area contributed by atoms with Crippen molar-refractivity contribution in [3.8, 4) is 50.2 Å². The summed E-state index contributed by atoms with van der Waals surface area (Å²) in [6, 6.07) is 48.0. The van der Waals surface area contributed by atoms with Crippen molar-refractivity contribution in [3.05, 3.63) is 267 Å². The fourth-order valence-electron chi connectivity index (χ4n) is 10.0. The van der Waals surface area contributed by atoms with Crippen LogP contribution in [0.1, 0.15) is 20.6 Å². The zero-order chi connectivity index (χ0) is 59.9. The highest BCUT2D eigenvalue weighted by atomic mass is 16.3. The van der Waals surface area contributed by atoms with E-state index in [2.05, 4.69) is 71.3 Å². The van der Waals surface area contributed by atoms with Gasteiger partial charge in [-0.3, -0.25) is 0 Å². The second-order valence-electron chi connectivity index (χ2n) is 17.3. The molecule has 3 nitrogen and oxygen atoms in total. The van der Waals surface area contributed by atoms with Crippen LogP contribution in [-0.2, 0) is 0 Å². The van der Waals surface area contributed by atoms with Crippen LogP contribution in [0.15, 0.2) is 271 Å². The Bertz CT molecular complexity index is 5140. The molecule has 0 bridgehead atoms. The number of hydrogen-bond donors (Lipinski definition) is 0. The van der Waals surface area contributed by atoms with Gasteiger partial charge in [0, 0.05) is 55.4 Å². The van der Waals surface area contributed by atoms with E-state index in [1.807, 2.05) is 109 Å². The third-order valence-corrected chi connectivity index (χ3v) is 13.3. The summed E-state index contributed by atoms with van der Waals surface area (Å²) in [6.07, 6.45) is 0. The summed E-state index contributed by atoms with van der Waals surface area (Å²) in [5.41, 5.74) is 4.59. The lowest BCUT2D eigenvalue weighted by Crippen LogP contribution is -2.09. The molecule has 0 aliphatic heterocycles. The number of rotatable bonds is 8. The Balaban J connectivity index is 0.959. The molecule has 2 heterocycles. The molecule has 0 spiro atoms. The molecule has 71 heavy (non-hydrogen) atoms. The first-order valence-electron chi connectivity index (χ1n) is 30.6. The van der Waals surface area contributed by atoms with E-state index in [4.69, 9.17) is 18.1 Å². The first-order chi connectivity index (χ1) is 41.5. The van der Waals surface area contributed by atoms with Crippen LogP contribution in [0.25, 0.3) is 115 Å². The maximum atomic E-state index is 9.92. The first kappa shape index (κ1) is 28.1. The molecular formula is C68H44N2O. The van der Waals surface area contributed by atoms with E-state index < -0.39 is 124 Å². The lowest BCUT2D eigenvalue weighted by atomic mass is 9.93. The van der Waals surface area contributed by atoms with E-state index in [0.29, 0.717) is 11.4 Å². The van der Waals surface area contributed by atoms with Gasteiger partial charge in [0.2, 0.25) is 0 Å². The molecule has 14 rings (SSSR count). The Morgan fingerprint density at radius 1 is 0.324 bits per heavy atom. The lowest BCUT2D eigenvalue weighted by molar-refractivity contribution is 0.671. The van der Waals surface area contributed by atoms with Crippen LogP contribution in [0.2, 0.25) is 0 Å². The quantitative estimate of drug-likeness (QED) is 0.142. The van der Waals surface area contributed by atoms with Gasteiger partial charge in [-0.2, -0.15) is 0 Å². The highest BCUT2D eigenvalue weighted by Crippen LogP contribution is 2.43. The predicted molar refractivity (Wildman–Crippen MR) is 299 cm³/mol. The van der Waals surface area contributed by atoms with E-state index in [1.165, 1.54) is 0 Å². The van der Waals surface area contributed by atoms with Crippen LogP contribution >= 0.6 is 0 Å². The zero-order valence-electron chi connectivity index (χ0n) is 52.5. The summed E-state index contributed by atoms with van der Waals surface area (Å²) in [5, 5.41) is 5.86. The zero-order valence-corrected chi connectivity index (χ0v) is 37.5. The van der Waals surface area contributed by atoms with Crippen molar-refractivity contribution >= 4 is 82.4 Å². The normalized spacial score (nSPS) is 14.6. The monoisotopic (exact) mass is 919 g/mol. The van der Waals surface area contributed by atoms with Crippen LogP contribution in [-0.4, -0.2) is 4.57 Å². The van der Waals surface area contributed by atoms with Gasteiger partial charge in [0.25, 0.3) is 0 Å². The molecule has 0 saturated heterocycles. The smallest absolute Gasteiger partial charge is 0.143 e. The van der Waals surface area contributed by atoms with Crippen LogP contribution in [0.3, 0.4) is 0 Å². The van der Waals surface area contributed by atoms with Gasteiger partial charge in [-0.15, -0.1) is 0 Å². The van der Waals surface area contributed by atoms with E-state index in [1.54, 1.807) is 4.90 Å². The summed E-state index contributed by atoms with van der Waals surface area (Å²) in [4.78, 5) is 1.64. The molecule has 0 atom stereocenters. The second kappa shape index (κ2) is 16.7. The fourth-order valence-corrected chi connectivity index (χ4v) is 10.0. The molecule has 12 aromatic carbocycles. The molecule has 0 N–H and O–H groups in total. The van der Waals surface area contributed by atoms with E-state index in [0.717, 1.165) is 71.3 Å². The Morgan fingerprint density at radius 3 is 1.52 bits per heavy atom. The molecule has 0 aliphatic carbocycles. The van der Waals surface area contributed by atoms with Crippen molar-refractivity contribution in [1.82, 2.24) is 4.57 Å². The first-order valence-corrected chi connectivity index (χ1v) is 23.1. The molecule has 0 aliphatic rings. The Kier molecular flexibility index (Phi) is 6.60. The van der Waals surface area contributed by atoms with E-state index in [9.17, 15) is 6.85 Å². The van der Waals surface area contributed by atoms with E-state index in [-0.39, 0.29) is 16.5 Å². The highest BCUT2D eigenvalue weighted by molar-refractivity contribution is 6.15. The van der Waals surface area contributed by atoms with Crippen LogP contribution in [0, 0.1) is 0 Å². The molecule has 332 valence electrons. The lowest BCUT2D eigenvalue weighted by Gasteiger charge is -2.26. The van der Waals surface area contributed by atoms with Gasteiger partial charge < -0.3 is 13.9 Å². The predicted octanol–water partition coefficient (Wildman–Crippen LogP) is 19.1. The second-order valence-corrected chi connectivity index (χ2v) is 17.3. The highest BCUT2D eigenvalue weighted by Gasteiger charge is 2.19. The molecule has 0 unspecified atom stereocenters. The third-order valence-electron chi connectivity index (χ3n) is 13.3. The minimum Gasteiger partial charge on any atom is -0.455 e. The standard InChI is InChI=1S/C68H44N2O/c1-2-15-46(16-3-1)56-25-13-27-62-63-28-14-26-57(68(63)71-67(56)62)47-33-39-52(40-34-47)69(53-41-35-48(36-42-53)64-44-50-17-4-5-20-55(50)58-21-6-7-22-59(58)64)51-37-31-45(32-38-51)49-18-12-19-54(43-49)70-65-29-10-8-23-60(65)61-24-9-11-30-66(61)70/h1-44H/i1D,2D,3D,13D,14D,15D,16D,25D,26D,27D,28D,33D,34D,39D,40D. The largest absolute Gasteiger partial charge is 0.455 e. The number of aromatic nitrogens is 1. The molecule has 3 heteroatoms. The topological polar surface area (TPSA) is 21.3 Å². The number of benzene rings is 12. The number of para-hydroxylation sites is 4. The van der Waals surface area contributed by atoms with Gasteiger partial charge in [0.15, 0.2) is 0 Å². The van der Waals surface area contributed by atoms with Crippen molar-refractivity contribution in [3.63, 3.8) is 0 Å². The molecule has 2 aromatic heterocycles. The Morgan fingerprint density at radius 2 is 0.873 bits per heavy atom. The summed E-state index contributed by atoms with van der Waals surface area (Å²) in [7, 11) is 0. The molecule has 0 radical (unpaired) electrons. The fraction of sp³-hybridized carbons (Fsp3) is 0. The number of furan rings is 1. The van der Waals surface area contributed by atoms with Gasteiger partial charge >= 0.3 is 0 Å². The molecule has 0 saturated carbocycles. The average molecular weight is 920 g/mol. The third kappa shape index (κ3) is 6.82. The molecule has 0 fully saturated rings. The SMILES string of the molecule is [2H]c1c([2H])c([2H])c(-c2c([2H])c([2H])c([2H])c3c2oc2c(-c4c([2H])c([2H])c(N(c5ccc(-c6cccc(-n7c8ccccc8c8ccccc87)c6)cc5)c5ccc(-c6cc7ccccc7c7ccccc67)cc5)c([2H])c4[2H])c([2H])c([2H])c([2H])c23)c([2H])c1[2H]. The summed E-state index contributed by atoms with van der Waals surface area (Å²) >= 11 is 0. The molecule has 0 amide bonds. The Hall–Kier alpha value is -9.44. The maximum Gasteiger partial charge on any atom is 0.143 e. The van der Waals surface area contributed by atoms with Crippen LogP contribution < -0.4 is 4.90 Å². The van der Waals surface area contributed by atoms with Gasteiger partial charge in [-0.25, -0.2) is 0 Å². The van der Waals surface area contributed by atoms with Crippen molar-refractivity contribution in [1.29, 1.82) is 0 Å². The Labute approximate surface area is 432 Å². The van der Waals surface area contributed by atoms with Crippen molar-refractivity contribution < 1.29 is 25.0 Å². The molecular weight excluding hydrogens is 861 g/mol. The van der Waals surface area contributed by atoms with Crippen LogP contribution in [0.5, 0.6) is 0 Å².